The van der Waals surface area contributed by atoms with Gasteiger partial charge in [-0.05, 0) is 66.0 Å². The minimum absolute atomic E-state index is 0.112. The standard InChI is InChI=1S/C26H33N3O4S/c1-3-18-6-4-7-20(14-18)21-15-22-24(17-28-25(22)23(16-21)26(27)30)19-8-10-29(11-9-19)34(31,32)13-5-12-33-2/h4,6-7,14-17,19,28H,3,5,8-13H2,1-2H3,(H2,27,30). The number of hydrogen-bond acceptors (Lipinski definition) is 4. The lowest BCUT2D eigenvalue weighted by Gasteiger charge is -2.31. The highest BCUT2D eigenvalue weighted by Gasteiger charge is 2.30. The minimum atomic E-state index is -3.27. The average Bonchev–Trinajstić information content (AvgIpc) is 3.27. The molecule has 2 heterocycles. The Balaban J connectivity index is 1.63. The van der Waals surface area contributed by atoms with Gasteiger partial charge in [0.25, 0.3) is 5.91 Å². The molecule has 0 bridgehead atoms. The molecule has 1 saturated heterocycles. The molecule has 1 amide bonds. The van der Waals surface area contributed by atoms with Crippen molar-refractivity contribution in [3.63, 3.8) is 0 Å². The van der Waals surface area contributed by atoms with Crippen molar-refractivity contribution in [2.24, 2.45) is 5.73 Å². The first-order valence-corrected chi connectivity index (χ1v) is 13.5. The van der Waals surface area contributed by atoms with Gasteiger partial charge in [-0.3, -0.25) is 4.79 Å². The van der Waals surface area contributed by atoms with E-state index in [1.54, 1.807) is 11.4 Å². The number of nitrogens with two attached hydrogens (primary N) is 1. The van der Waals surface area contributed by atoms with E-state index in [1.807, 2.05) is 24.4 Å². The molecule has 182 valence electrons. The van der Waals surface area contributed by atoms with Crippen LogP contribution in [0.5, 0.6) is 0 Å². The highest BCUT2D eigenvalue weighted by atomic mass is 32.2. The van der Waals surface area contributed by atoms with Gasteiger partial charge < -0.3 is 15.5 Å². The second-order valence-electron chi connectivity index (χ2n) is 8.94. The summed E-state index contributed by atoms with van der Waals surface area (Å²) in [5.41, 5.74) is 11.3. The van der Waals surface area contributed by atoms with Crippen molar-refractivity contribution in [3.8, 4) is 11.1 Å². The van der Waals surface area contributed by atoms with E-state index >= 15 is 0 Å². The van der Waals surface area contributed by atoms with Gasteiger partial charge in [-0.1, -0.05) is 31.2 Å². The Hall–Kier alpha value is -2.68. The van der Waals surface area contributed by atoms with E-state index in [-0.39, 0.29) is 11.7 Å². The van der Waals surface area contributed by atoms with Gasteiger partial charge in [0.05, 0.1) is 16.8 Å². The maximum Gasteiger partial charge on any atom is 0.250 e. The van der Waals surface area contributed by atoms with Gasteiger partial charge in [0.15, 0.2) is 0 Å². The van der Waals surface area contributed by atoms with Crippen LogP contribution in [0.15, 0.2) is 42.6 Å². The van der Waals surface area contributed by atoms with Gasteiger partial charge in [-0.15, -0.1) is 0 Å². The van der Waals surface area contributed by atoms with Crippen molar-refractivity contribution >= 4 is 26.8 Å². The predicted octanol–water partition coefficient (Wildman–Crippen LogP) is 4.04. The number of carbonyl (C=O) groups excluding carboxylic acids is 1. The number of amides is 1. The van der Waals surface area contributed by atoms with Crippen LogP contribution in [0, 0.1) is 0 Å². The zero-order valence-corrected chi connectivity index (χ0v) is 20.7. The molecular formula is C26H33N3O4S. The number of methoxy groups -OCH3 is 1. The quantitative estimate of drug-likeness (QED) is 0.448. The van der Waals surface area contributed by atoms with E-state index in [9.17, 15) is 13.2 Å². The summed E-state index contributed by atoms with van der Waals surface area (Å²) in [6.07, 6.45) is 4.85. The van der Waals surface area contributed by atoms with Crippen LogP contribution >= 0.6 is 0 Å². The highest BCUT2D eigenvalue weighted by Crippen LogP contribution is 2.37. The van der Waals surface area contributed by atoms with E-state index in [4.69, 9.17) is 10.5 Å². The van der Waals surface area contributed by atoms with Crippen molar-refractivity contribution in [1.29, 1.82) is 0 Å². The smallest absolute Gasteiger partial charge is 0.250 e. The Morgan fingerprint density at radius 2 is 1.94 bits per heavy atom. The Bertz CT molecular complexity index is 1270. The third-order valence-corrected chi connectivity index (χ3v) is 8.75. The van der Waals surface area contributed by atoms with Crippen LogP contribution in [-0.2, 0) is 21.2 Å². The van der Waals surface area contributed by atoms with Gasteiger partial charge in [0.1, 0.15) is 0 Å². The molecule has 34 heavy (non-hydrogen) atoms. The molecule has 0 unspecified atom stereocenters. The number of carbonyl (C=O) groups is 1. The fourth-order valence-electron chi connectivity index (χ4n) is 4.88. The number of aromatic amines is 1. The van der Waals surface area contributed by atoms with E-state index in [0.717, 1.165) is 46.9 Å². The van der Waals surface area contributed by atoms with E-state index in [0.29, 0.717) is 31.7 Å². The van der Waals surface area contributed by atoms with Crippen LogP contribution < -0.4 is 5.73 Å². The number of H-pyrrole nitrogens is 1. The molecular weight excluding hydrogens is 450 g/mol. The predicted molar refractivity (Wildman–Crippen MR) is 135 cm³/mol. The van der Waals surface area contributed by atoms with Crippen LogP contribution in [-0.4, -0.2) is 56.2 Å². The summed E-state index contributed by atoms with van der Waals surface area (Å²) in [6.45, 7) is 3.55. The van der Waals surface area contributed by atoms with Gasteiger partial charge >= 0.3 is 0 Å². The molecule has 7 nitrogen and oxygen atoms in total. The largest absolute Gasteiger partial charge is 0.385 e. The number of sulfonamides is 1. The fourth-order valence-corrected chi connectivity index (χ4v) is 6.39. The van der Waals surface area contributed by atoms with Gasteiger partial charge in [-0.2, -0.15) is 0 Å². The number of nitrogens with zero attached hydrogens (tertiary/aromatic N) is 1. The molecule has 0 spiro atoms. The van der Waals surface area contributed by atoms with Crippen molar-refractivity contribution in [2.45, 2.75) is 38.5 Å². The molecule has 1 aromatic heterocycles. The SMILES string of the molecule is CCc1cccc(-c2cc(C(N)=O)c3[nH]cc(C4CCN(S(=O)(=O)CCCOC)CC4)c3c2)c1. The Kier molecular flexibility index (Phi) is 7.40. The summed E-state index contributed by atoms with van der Waals surface area (Å²) in [7, 11) is -1.70. The lowest BCUT2D eigenvalue weighted by molar-refractivity contribution is 0.100. The van der Waals surface area contributed by atoms with Crippen LogP contribution in [0.25, 0.3) is 22.0 Å². The Labute approximate surface area is 201 Å². The molecule has 1 fully saturated rings. The number of primary amides is 1. The molecule has 1 aliphatic rings. The molecule has 4 rings (SSSR count). The van der Waals surface area contributed by atoms with Gasteiger partial charge in [-0.25, -0.2) is 12.7 Å². The maximum absolute atomic E-state index is 12.7. The van der Waals surface area contributed by atoms with Gasteiger partial charge in [0, 0.05) is 38.4 Å². The van der Waals surface area contributed by atoms with Crippen molar-refractivity contribution < 1.29 is 17.9 Å². The van der Waals surface area contributed by atoms with Gasteiger partial charge in [0.2, 0.25) is 10.0 Å². The number of aryl methyl sites for hydroxylation is 1. The number of aromatic nitrogens is 1. The summed E-state index contributed by atoms with van der Waals surface area (Å²) < 4.78 is 31.9. The second kappa shape index (κ2) is 10.3. The monoisotopic (exact) mass is 483 g/mol. The average molecular weight is 484 g/mol. The first kappa shape index (κ1) is 24.4. The maximum atomic E-state index is 12.7. The molecule has 0 radical (unpaired) electrons. The first-order chi connectivity index (χ1) is 16.3. The molecule has 3 N–H and O–H groups in total. The summed E-state index contributed by atoms with van der Waals surface area (Å²) >= 11 is 0. The number of nitrogens with one attached hydrogen (secondary N) is 1. The molecule has 3 aromatic rings. The fraction of sp³-hybridized carbons (Fsp3) is 0.423. The Morgan fingerprint density at radius 1 is 1.18 bits per heavy atom. The number of rotatable bonds is 9. The normalized spacial score (nSPS) is 15.7. The summed E-state index contributed by atoms with van der Waals surface area (Å²) in [6, 6.07) is 12.3. The van der Waals surface area contributed by atoms with Crippen molar-refractivity contribution in [2.75, 3.05) is 32.6 Å². The number of hydrogen-bond donors (Lipinski definition) is 2. The summed E-state index contributed by atoms with van der Waals surface area (Å²) in [4.78, 5) is 15.6. The van der Waals surface area contributed by atoms with E-state index < -0.39 is 15.9 Å². The Morgan fingerprint density at radius 3 is 2.62 bits per heavy atom. The number of piperidine rings is 1. The highest BCUT2D eigenvalue weighted by molar-refractivity contribution is 7.89. The lowest BCUT2D eigenvalue weighted by atomic mass is 9.88. The van der Waals surface area contributed by atoms with E-state index in [2.05, 4.69) is 30.1 Å². The van der Waals surface area contributed by atoms with Crippen molar-refractivity contribution in [1.82, 2.24) is 9.29 Å². The third kappa shape index (κ3) is 5.04. The summed E-state index contributed by atoms with van der Waals surface area (Å²) in [5, 5.41) is 0.981. The third-order valence-electron chi connectivity index (χ3n) is 6.79. The lowest BCUT2D eigenvalue weighted by Crippen LogP contribution is -2.39. The molecule has 8 heteroatoms. The van der Waals surface area contributed by atoms with E-state index in [1.165, 1.54) is 5.56 Å². The van der Waals surface area contributed by atoms with Crippen LogP contribution in [0.2, 0.25) is 0 Å². The molecule has 0 atom stereocenters. The summed E-state index contributed by atoms with van der Waals surface area (Å²) in [5.74, 6) is -0.151. The number of benzene rings is 2. The number of fused-ring (bicyclic) bond motifs is 1. The van der Waals surface area contributed by atoms with Crippen LogP contribution in [0.1, 0.15) is 53.6 Å². The zero-order valence-electron chi connectivity index (χ0n) is 19.8. The number of ether oxygens (including phenoxy) is 1. The topological polar surface area (TPSA) is 105 Å². The molecule has 2 aromatic carbocycles. The first-order valence-electron chi connectivity index (χ1n) is 11.8. The second-order valence-corrected chi connectivity index (χ2v) is 11.0. The minimum Gasteiger partial charge on any atom is -0.385 e. The van der Waals surface area contributed by atoms with Crippen LogP contribution in [0.4, 0.5) is 0 Å². The molecule has 0 aliphatic carbocycles. The molecule has 0 saturated carbocycles. The van der Waals surface area contributed by atoms with Crippen LogP contribution in [0.3, 0.4) is 0 Å². The molecule has 1 aliphatic heterocycles. The van der Waals surface area contributed by atoms with Crippen molar-refractivity contribution in [3.05, 3.63) is 59.3 Å². The zero-order chi connectivity index (χ0) is 24.3.